The number of hydrogen-bond donors (Lipinski definition) is 2. The van der Waals surface area contributed by atoms with Crippen LogP contribution in [0.5, 0.6) is 0 Å². The topological polar surface area (TPSA) is 49.3 Å². The first-order valence-corrected chi connectivity index (χ1v) is 9.11. The van der Waals surface area contributed by atoms with E-state index in [0.717, 1.165) is 43.0 Å². The molecule has 0 fully saturated rings. The molecule has 2 N–H and O–H groups in total. The van der Waals surface area contributed by atoms with Gasteiger partial charge in [-0.05, 0) is 49.4 Å². The van der Waals surface area contributed by atoms with E-state index in [1.165, 1.54) is 0 Å². The summed E-state index contributed by atoms with van der Waals surface area (Å²) < 4.78 is 78.4. The van der Waals surface area contributed by atoms with Gasteiger partial charge in [-0.2, -0.15) is 26.3 Å². The van der Waals surface area contributed by atoms with Crippen molar-refractivity contribution in [3.63, 3.8) is 0 Å². The maximum Gasteiger partial charge on any atom is 0.416 e. The van der Waals surface area contributed by atoms with Crippen molar-refractivity contribution in [2.24, 2.45) is 5.41 Å². The van der Waals surface area contributed by atoms with Gasteiger partial charge in [0.2, 0.25) is 0 Å². The number of alkyl halides is 6. The molecule has 10 heteroatoms. The molecule has 0 saturated heterocycles. The molecule has 1 atom stereocenters. The SMILES string of the molecule is CCSc1cc(C(F)(F)F)ccc1C(=O)NC1=C[C@](C)(C(F)(F)F)CC=C1O. The predicted octanol–water partition coefficient (Wildman–Crippen LogP) is 5.85. The number of carbonyl (C=O) groups excluding carboxylic acids is 1. The summed E-state index contributed by atoms with van der Waals surface area (Å²) in [7, 11) is 0. The fourth-order valence-corrected chi connectivity index (χ4v) is 3.36. The molecular formula is C18H17F6NO2S. The molecule has 1 aromatic rings. The van der Waals surface area contributed by atoms with Crippen LogP contribution >= 0.6 is 11.8 Å². The standard InChI is InChI=1S/C18H17F6NO2S/c1-3-28-14-8-10(17(19,20)21)4-5-11(14)15(27)25-12-9-16(2,18(22,23)24)7-6-13(12)26/h4-6,8-9,26H,3,7H2,1-2H3,(H,25,27)/t16-/m1/s1. The lowest BCUT2D eigenvalue weighted by Gasteiger charge is -2.31. The number of halogens is 6. The maximum absolute atomic E-state index is 13.2. The summed E-state index contributed by atoms with van der Waals surface area (Å²) >= 11 is 0.990. The minimum atomic E-state index is -4.61. The average Bonchev–Trinajstić information content (AvgIpc) is 2.56. The molecule has 1 aromatic carbocycles. The van der Waals surface area contributed by atoms with E-state index < -0.39 is 47.1 Å². The Morgan fingerprint density at radius 3 is 2.43 bits per heavy atom. The second-order valence-electron chi connectivity index (χ2n) is 6.36. The van der Waals surface area contributed by atoms with Crippen molar-refractivity contribution in [3.05, 3.63) is 52.9 Å². The lowest BCUT2D eigenvalue weighted by molar-refractivity contribution is -0.199. The number of hydrogen-bond acceptors (Lipinski definition) is 3. The van der Waals surface area contributed by atoms with E-state index in [1.807, 2.05) is 0 Å². The number of aliphatic hydroxyl groups is 1. The number of nitrogens with one attached hydrogen (secondary N) is 1. The van der Waals surface area contributed by atoms with Crippen LogP contribution in [0.2, 0.25) is 0 Å². The molecule has 3 nitrogen and oxygen atoms in total. The molecule has 2 rings (SSSR count). The molecule has 0 bridgehead atoms. The van der Waals surface area contributed by atoms with Gasteiger partial charge >= 0.3 is 12.4 Å². The summed E-state index contributed by atoms with van der Waals surface area (Å²) in [6.07, 6.45) is -8.06. The van der Waals surface area contributed by atoms with Crippen LogP contribution in [0.1, 0.15) is 36.2 Å². The first-order chi connectivity index (χ1) is 12.8. The molecule has 0 aliphatic heterocycles. The third kappa shape index (κ3) is 4.65. The number of allylic oxidation sites excluding steroid dienone is 2. The Kier molecular flexibility index (Phi) is 6.13. The van der Waals surface area contributed by atoms with Gasteiger partial charge in [-0.15, -0.1) is 11.8 Å². The first-order valence-electron chi connectivity index (χ1n) is 8.13. The third-order valence-corrected chi connectivity index (χ3v) is 5.14. The molecule has 28 heavy (non-hydrogen) atoms. The lowest BCUT2D eigenvalue weighted by Crippen LogP contribution is -2.37. The summed E-state index contributed by atoms with van der Waals surface area (Å²) in [5, 5.41) is 12.0. The summed E-state index contributed by atoms with van der Waals surface area (Å²) in [5.41, 5.74) is -3.80. The fourth-order valence-electron chi connectivity index (χ4n) is 2.52. The summed E-state index contributed by atoms with van der Waals surface area (Å²) in [5.74, 6) is -1.07. The minimum absolute atomic E-state index is 0.0355. The van der Waals surface area contributed by atoms with Crippen molar-refractivity contribution >= 4 is 17.7 Å². The van der Waals surface area contributed by atoms with E-state index in [1.54, 1.807) is 6.92 Å². The van der Waals surface area contributed by atoms with Crippen molar-refractivity contribution in [2.75, 3.05) is 5.75 Å². The van der Waals surface area contributed by atoms with E-state index in [9.17, 15) is 36.2 Å². The van der Waals surface area contributed by atoms with Crippen molar-refractivity contribution < 1.29 is 36.2 Å². The van der Waals surface area contributed by atoms with Crippen LogP contribution < -0.4 is 5.32 Å². The third-order valence-electron chi connectivity index (χ3n) is 4.21. The molecule has 1 aliphatic rings. The van der Waals surface area contributed by atoms with E-state index in [4.69, 9.17) is 0 Å². The Hall–Kier alpha value is -2.10. The van der Waals surface area contributed by atoms with Gasteiger partial charge < -0.3 is 10.4 Å². The van der Waals surface area contributed by atoms with Gasteiger partial charge in [-0.1, -0.05) is 6.92 Å². The number of benzene rings is 1. The van der Waals surface area contributed by atoms with Crippen molar-refractivity contribution in [3.8, 4) is 0 Å². The van der Waals surface area contributed by atoms with Gasteiger partial charge in [0.25, 0.3) is 5.91 Å². The maximum atomic E-state index is 13.2. The molecule has 0 unspecified atom stereocenters. The normalized spacial score (nSPS) is 20.4. The largest absolute Gasteiger partial charge is 0.506 e. The second-order valence-corrected chi connectivity index (χ2v) is 7.67. The average molecular weight is 425 g/mol. The Balaban J connectivity index is 2.37. The van der Waals surface area contributed by atoms with Crippen molar-refractivity contribution in [2.45, 2.75) is 37.5 Å². The van der Waals surface area contributed by atoms with Gasteiger partial charge in [-0.3, -0.25) is 4.79 Å². The van der Waals surface area contributed by atoms with Gasteiger partial charge in [0.05, 0.1) is 22.2 Å². The smallest absolute Gasteiger partial charge is 0.416 e. The van der Waals surface area contributed by atoms with Crippen LogP contribution in [0.3, 0.4) is 0 Å². The van der Waals surface area contributed by atoms with Crippen LogP contribution in [0.4, 0.5) is 26.3 Å². The predicted molar refractivity (Wildman–Crippen MR) is 92.9 cm³/mol. The van der Waals surface area contributed by atoms with E-state index in [2.05, 4.69) is 5.32 Å². The van der Waals surface area contributed by atoms with E-state index in [-0.39, 0.29) is 10.5 Å². The summed E-state index contributed by atoms with van der Waals surface area (Å²) in [6, 6.07) is 2.50. The molecule has 1 aliphatic carbocycles. The van der Waals surface area contributed by atoms with E-state index in [0.29, 0.717) is 11.8 Å². The zero-order valence-electron chi connectivity index (χ0n) is 14.8. The number of aliphatic hydroxyl groups excluding tert-OH is 1. The molecule has 0 heterocycles. The van der Waals surface area contributed by atoms with Gasteiger partial charge in [0, 0.05) is 4.90 Å². The molecular weight excluding hydrogens is 408 g/mol. The molecule has 154 valence electrons. The monoisotopic (exact) mass is 425 g/mol. The summed E-state index contributed by atoms with van der Waals surface area (Å²) in [6.45, 7) is 2.60. The van der Waals surface area contributed by atoms with Gasteiger partial charge in [-0.25, -0.2) is 0 Å². The Bertz CT molecular complexity index is 828. The van der Waals surface area contributed by atoms with Crippen molar-refractivity contribution in [1.82, 2.24) is 5.32 Å². The van der Waals surface area contributed by atoms with Crippen molar-refractivity contribution in [1.29, 1.82) is 0 Å². The van der Waals surface area contributed by atoms with Gasteiger partial charge in [0.15, 0.2) is 0 Å². The quantitative estimate of drug-likeness (QED) is 0.470. The zero-order chi connectivity index (χ0) is 21.3. The molecule has 1 amide bonds. The molecule has 0 aromatic heterocycles. The fraction of sp³-hybridized carbons (Fsp3) is 0.389. The lowest BCUT2D eigenvalue weighted by atomic mass is 9.81. The highest BCUT2D eigenvalue weighted by Gasteiger charge is 2.50. The number of amides is 1. The highest BCUT2D eigenvalue weighted by atomic mass is 32.2. The number of thioether (sulfide) groups is 1. The summed E-state index contributed by atoms with van der Waals surface area (Å²) in [4.78, 5) is 12.5. The highest BCUT2D eigenvalue weighted by Crippen LogP contribution is 2.45. The van der Waals surface area contributed by atoms with Crippen LogP contribution in [0.25, 0.3) is 0 Å². The Morgan fingerprint density at radius 2 is 1.89 bits per heavy atom. The molecule has 0 saturated carbocycles. The van der Waals surface area contributed by atoms with Crippen LogP contribution in [-0.2, 0) is 6.18 Å². The van der Waals surface area contributed by atoms with Gasteiger partial charge in [0.1, 0.15) is 5.76 Å². The highest BCUT2D eigenvalue weighted by molar-refractivity contribution is 7.99. The molecule has 0 spiro atoms. The van der Waals surface area contributed by atoms with Crippen LogP contribution in [0, 0.1) is 5.41 Å². The first kappa shape index (κ1) is 22.2. The number of carbonyl (C=O) groups is 1. The second kappa shape index (κ2) is 7.73. The van der Waals surface area contributed by atoms with E-state index >= 15 is 0 Å². The Labute approximate surface area is 161 Å². The Morgan fingerprint density at radius 1 is 1.25 bits per heavy atom. The molecule has 0 radical (unpaired) electrons. The zero-order valence-corrected chi connectivity index (χ0v) is 15.6. The minimum Gasteiger partial charge on any atom is -0.506 e. The van der Waals surface area contributed by atoms with Crippen LogP contribution in [0.15, 0.2) is 46.7 Å². The van der Waals surface area contributed by atoms with Crippen LogP contribution in [-0.4, -0.2) is 22.9 Å². The number of rotatable bonds is 4.